The number of aryl methyl sites for hydroxylation is 1. The molecule has 0 saturated carbocycles. The molecule has 0 radical (unpaired) electrons. The van der Waals surface area contributed by atoms with E-state index in [9.17, 15) is 4.39 Å². The Morgan fingerprint density at radius 2 is 2.21 bits per heavy atom. The van der Waals surface area contributed by atoms with Crippen molar-refractivity contribution in [2.75, 3.05) is 5.88 Å². The zero-order chi connectivity index (χ0) is 13.2. The molecule has 0 fully saturated rings. The summed E-state index contributed by atoms with van der Waals surface area (Å²) in [7, 11) is 0. The van der Waals surface area contributed by atoms with Crippen molar-refractivity contribution in [3.63, 3.8) is 0 Å². The molecular weight excluding hydrogens is 267 g/mol. The van der Waals surface area contributed by atoms with E-state index in [-0.39, 0.29) is 5.82 Å². The smallest absolute Gasteiger partial charge is 0.151 e. The molecule has 1 aromatic carbocycles. The minimum absolute atomic E-state index is 0.306. The summed E-state index contributed by atoms with van der Waals surface area (Å²) >= 11 is 5.79. The monoisotopic (exact) mass is 278 g/mol. The molecule has 0 aliphatic carbocycles. The van der Waals surface area contributed by atoms with E-state index < -0.39 is 0 Å². The highest BCUT2D eigenvalue weighted by Gasteiger charge is 2.13. The third-order valence-corrected chi connectivity index (χ3v) is 3.24. The predicted octanol–water partition coefficient (Wildman–Crippen LogP) is 3.60. The average Bonchev–Trinajstić information content (AvgIpc) is 3.01. The largest absolute Gasteiger partial charge is 0.472 e. The fraction of sp³-hybridized carbons (Fsp3) is 0.214. The van der Waals surface area contributed by atoms with Crippen LogP contribution in [0, 0.1) is 5.82 Å². The fourth-order valence-corrected chi connectivity index (χ4v) is 2.35. The minimum atomic E-state index is -0.306. The zero-order valence-electron chi connectivity index (χ0n) is 10.1. The number of imidazole rings is 1. The van der Waals surface area contributed by atoms with Gasteiger partial charge in [0.25, 0.3) is 0 Å². The highest BCUT2D eigenvalue weighted by atomic mass is 35.5. The van der Waals surface area contributed by atoms with E-state index >= 15 is 0 Å². The molecule has 0 N–H and O–H groups in total. The first kappa shape index (κ1) is 12.2. The van der Waals surface area contributed by atoms with Gasteiger partial charge in [0.15, 0.2) is 5.82 Å². The molecule has 0 aliphatic heterocycles. The summed E-state index contributed by atoms with van der Waals surface area (Å²) < 4.78 is 20.8. The number of hydrogen-bond acceptors (Lipinski definition) is 2. The molecule has 3 aromatic rings. The van der Waals surface area contributed by atoms with Gasteiger partial charge in [-0.1, -0.05) is 6.07 Å². The Morgan fingerprint density at radius 3 is 2.95 bits per heavy atom. The van der Waals surface area contributed by atoms with E-state index in [1.807, 2.05) is 16.7 Å². The summed E-state index contributed by atoms with van der Waals surface area (Å²) in [5.74, 6) is 0.937. The number of para-hydroxylation sites is 1. The standard InChI is InChI=1S/C14H12ClFN2O/c15-6-4-13-17-14-11(16)2-1-3-12(14)18(13)8-10-5-7-19-9-10/h1-3,5,7,9H,4,6,8H2. The van der Waals surface area contributed by atoms with E-state index in [0.717, 1.165) is 16.9 Å². The second-order valence-electron chi connectivity index (χ2n) is 4.29. The summed E-state index contributed by atoms with van der Waals surface area (Å²) in [6.45, 7) is 0.600. The maximum atomic E-state index is 13.8. The minimum Gasteiger partial charge on any atom is -0.472 e. The van der Waals surface area contributed by atoms with Gasteiger partial charge in [0.2, 0.25) is 0 Å². The summed E-state index contributed by atoms with van der Waals surface area (Å²) in [6.07, 6.45) is 3.90. The van der Waals surface area contributed by atoms with Crippen LogP contribution in [0.4, 0.5) is 4.39 Å². The highest BCUT2D eigenvalue weighted by Crippen LogP contribution is 2.21. The van der Waals surface area contributed by atoms with Crippen LogP contribution >= 0.6 is 11.6 Å². The summed E-state index contributed by atoms with van der Waals surface area (Å²) in [5, 5.41) is 0. The number of alkyl halides is 1. The van der Waals surface area contributed by atoms with Crippen LogP contribution in [-0.2, 0) is 13.0 Å². The lowest BCUT2D eigenvalue weighted by molar-refractivity contribution is 0.562. The van der Waals surface area contributed by atoms with Crippen molar-refractivity contribution in [2.45, 2.75) is 13.0 Å². The Morgan fingerprint density at radius 1 is 1.32 bits per heavy atom. The van der Waals surface area contributed by atoms with Gasteiger partial charge < -0.3 is 8.98 Å². The van der Waals surface area contributed by atoms with Gasteiger partial charge in [0.05, 0.1) is 24.6 Å². The Bertz CT molecular complexity index is 691. The molecule has 3 nitrogen and oxygen atoms in total. The molecular formula is C14H12ClFN2O. The lowest BCUT2D eigenvalue weighted by Crippen LogP contribution is -2.05. The number of aromatic nitrogens is 2. The average molecular weight is 279 g/mol. The maximum absolute atomic E-state index is 13.8. The van der Waals surface area contributed by atoms with Crippen LogP contribution in [0.5, 0.6) is 0 Å². The maximum Gasteiger partial charge on any atom is 0.151 e. The SMILES string of the molecule is Fc1cccc2c1nc(CCCl)n2Cc1ccoc1. The van der Waals surface area contributed by atoms with E-state index in [0.29, 0.717) is 24.4 Å². The quantitative estimate of drug-likeness (QED) is 0.683. The molecule has 19 heavy (non-hydrogen) atoms. The highest BCUT2D eigenvalue weighted by molar-refractivity contribution is 6.17. The fourth-order valence-electron chi connectivity index (χ4n) is 2.18. The van der Waals surface area contributed by atoms with E-state index in [4.69, 9.17) is 16.0 Å². The van der Waals surface area contributed by atoms with Crippen LogP contribution in [0.25, 0.3) is 11.0 Å². The Hall–Kier alpha value is -1.81. The molecule has 2 aromatic heterocycles. The Balaban J connectivity index is 2.13. The lowest BCUT2D eigenvalue weighted by Gasteiger charge is -2.06. The van der Waals surface area contributed by atoms with Crippen molar-refractivity contribution in [1.29, 1.82) is 0 Å². The Labute approximate surface area is 114 Å². The lowest BCUT2D eigenvalue weighted by atomic mass is 10.3. The zero-order valence-corrected chi connectivity index (χ0v) is 10.9. The summed E-state index contributed by atoms with van der Waals surface area (Å²) in [4.78, 5) is 4.36. The van der Waals surface area contributed by atoms with E-state index in [1.165, 1.54) is 6.07 Å². The molecule has 0 aliphatic rings. The van der Waals surface area contributed by atoms with Crippen molar-refractivity contribution in [3.8, 4) is 0 Å². The van der Waals surface area contributed by atoms with Crippen LogP contribution in [-0.4, -0.2) is 15.4 Å². The number of nitrogens with zero attached hydrogens (tertiary/aromatic N) is 2. The van der Waals surface area contributed by atoms with Gasteiger partial charge >= 0.3 is 0 Å². The van der Waals surface area contributed by atoms with Crippen LogP contribution in [0.15, 0.2) is 41.2 Å². The van der Waals surface area contributed by atoms with Crippen LogP contribution in [0.2, 0.25) is 0 Å². The number of fused-ring (bicyclic) bond motifs is 1. The molecule has 0 unspecified atom stereocenters. The van der Waals surface area contributed by atoms with Gasteiger partial charge in [0, 0.05) is 17.9 Å². The van der Waals surface area contributed by atoms with Crippen molar-refractivity contribution >= 4 is 22.6 Å². The number of hydrogen-bond donors (Lipinski definition) is 0. The van der Waals surface area contributed by atoms with Crippen molar-refractivity contribution in [2.24, 2.45) is 0 Å². The van der Waals surface area contributed by atoms with Gasteiger partial charge in [-0.05, 0) is 18.2 Å². The molecule has 0 saturated heterocycles. The number of rotatable bonds is 4. The van der Waals surface area contributed by atoms with Gasteiger partial charge in [0.1, 0.15) is 11.3 Å². The number of halogens is 2. The first-order chi connectivity index (χ1) is 9.29. The van der Waals surface area contributed by atoms with Crippen molar-refractivity contribution in [3.05, 3.63) is 54.0 Å². The number of benzene rings is 1. The second-order valence-corrected chi connectivity index (χ2v) is 4.67. The Kier molecular flexibility index (Phi) is 3.25. The predicted molar refractivity (Wildman–Crippen MR) is 71.9 cm³/mol. The van der Waals surface area contributed by atoms with Crippen molar-refractivity contribution in [1.82, 2.24) is 9.55 Å². The third kappa shape index (κ3) is 2.24. The van der Waals surface area contributed by atoms with Gasteiger partial charge in [-0.25, -0.2) is 9.37 Å². The van der Waals surface area contributed by atoms with Crippen molar-refractivity contribution < 1.29 is 8.81 Å². The summed E-state index contributed by atoms with van der Waals surface area (Å²) in [5.41, 5.74) is 2.19. The van der Waals surface area contributed by atoms with Crippen LogP contribution in [0.1, 0.15) is 11.4 Å². The molecule has 2 heterocycles. The van der Waals surface area contributed by atoms with Gasteiger partial charge in [-0.2, -0.15) is 0 Å². The topological polar surface area (TPSA) is 31.0 Å². The normalized spacial score (nSPS) is 11.3. The molecule has 0 spiro atoms. The molecule has 0 bridgehead atoms. The van der Waals surface area contributed by atoms with Crippen LogP contribution < -0.4 is 0 Å². The molecule has 0 atom stereocenters. The van der Waals surface area contributed by atoms with Gasteiger partial charge in [-0.15, -0.1) is 11.6 Å². The van der Waals surface area contributed by atoms with E-state index in [2.05, 4.69) is 4.98 Å². The molecule has 5 heteroatoms. The summed E-state index contributed by atoms with van der Waals surface area (Å²) in [6, 6.07) is 6.86. The molecule has 0 amide bonds. The second kappa shape index (κ2) is 5.05. The first-order valence-electron chi connectivity index (χ1n) is 6.00. The third-order valence-electron chi connectivity index (χ3n) is 3.05. The molecule has 98 valence electrons. The molecule has 3 rings (SSSR count). The van der Waals surface area contributed by atoms with Gasteiger partial charge in [-0.3, -0.25) is 0 Å². The first-order valence-corrected chi connectivity index (χ1v) is 6.53. The van der Waals surface area contributed by atoms with Crippen LogP contribution in [0.3, 0.4) is 0 Å². The van der Waals surface area contributed by atoms with E-state index in [1.54, 1.807) is 18.6 Å². The number of furan rings is 1.